The maximum absolute atomic E-state index is 11.9. The van der Waals surface area contributed by atoms with Crippen LogP contribution in [0.25, 0.3) is 0 Å². The van der Waals surface area contributed by atoms with Gasteiger partial charge in [0.15, 0.2) is 5.73 Å². The molecule has 0 spiro atoms. The molecule has 0 N–H and O–H groups in total. The van der Waals surface area contributed by atoms with Crippen LogP contribution in [0, 0.1) is 0 Å². The Kier molecular flexibility index (Phi) is 11.9. The summed E-state index contributed by atoms with van der Waals surface area (Å²) >= 11 is 0. The molecule has 0 amide bonds. The van der Waals surface area contributed by atoms with Gasteiger partial charge in [0.05, 0.1) is 0 Å². The Hall–Kier alpha value is -0.433. The summed E-state index contributed by atoms with van der Waals surface area (Å²) in [5, 5.41) is 0. The van der Waals surface area contributed by atoms with Crippen molar-refractivity contribution in [3.8, 4) is 0 Å². The molecule has 1 atom stereocenters. The van der Waals surface area contributed by atoms with Crippen LogP contribution in [0.4, 0.5) is 0 Å². The Morgan fingerprint density at radius 1 is 0.905 bits per heavy atom. The number of hydrogen-bond acceptors (Lipinski definition) is 5. The highest BCUT2D eigenvalue weighted by atomic mass is 28.4. The lowest BCUT2D eigenvalue weighted by molar-refractivity contribution is -0.148. The molecule has 0 bridgehead atoms. The minimum Gasteiger partial charge on any atom is -0.458 e. The van der Waals surface area contributed by atoms with E-state index in [1.54, 1.807) is 0 Å². The number of carbonyl (C=O) groups is 1. The number of carbonyl (C=O) groups excluding carboxylic acids is 1. The van der Waals surface area contributed by atoms with Crippen LogP contribution >= 0.6 is 0 Å². The van der Waals surface area contributed by atoms with E-state index in [4.69, 9.17) is 18.0 Å². The molecular weight excluding hydrogens is 288 g/mol. The summed E-state index contributed by atoms with van der Waals surface area (Å²) in [6.45, 7) is 4.13. The van der Waals surface area contributed by atoms with Crippen molar-refractivity contribution >= 4 is 14.8 Å². The van der Waals surface area contributed by atoms with Gasteiger partial charge in [-0.25, -0.2) is 0 Å². The molecule has 0 aliphatic heterocycles. The van der Waals surface area contributed by atoms with Gasteiger partial charge in [-0.2, -0.15) is 0 Å². The monoisotopic (exact) mass is 320 g/mol. The van der Waals surface area contributed by atoms with E-state index in [1.807, 2.05) is 6.92 Å². The van der Waals surface area contributed by atoms with Gasteiger partial charge in [-0.05, 0) is 12.8 Å². The van der Waals surface area contributed by atoms with Gasteiger partial charge in [-0.15, -0.1) is 0 Å². The number of esters is 1. The Labute approximate surface area is 130 Å². The van der Waals surface area contributed by atoms with Crippen LogP contribution in [0.15, 0.2) is 0 Å². The first-order valence-electron chi connectivity index (χ1n) is 7.95. The summed E-state index contributed by atoms with van der Waals surface area (Å²) in [4.78, 5) is 11.9. The minimum absolute atomic E-state index is 0.194. The second kappa shape index (κ2) is 12.1. The van der Waals surface area contributed by atoms with E-state index in [-0.39, 0.29) is 5.97 Å². The molecule has 0 fully saturated rings. The molecule has 6 heteroatoms. The molecule has 0 aliphatic rings. The summed E-state index contributed by atoms with van der Waals surface area (Å²) < 4.78 is 21.6. The molecule has 0 heterocycles. The molecule has 0 aromatic carbocycles. The first-order valence-corrected chi connectivity index (χ1v) is 9.75. The highest BCUT2D eigenvalue weighted by Gasteiger charge is 2.49. The number of rotatable bonds is 13. The highest BCUT2D eigenvalue weighted by molar-refractivity contribution is 6.62. The van der Waals surface area contributed by atoms with Crippen molar-refractivity contribution in [1.29, 1.82) is 0 Å². The molecule has 0 saturated heterocycles. The smallest absolute Gasteiger partial charge is 0.458 e. The van der Waals surface area contributed by atoms with Crippen LogP contribution in [-0.2, 0) is 22.8 Å². The fourth-order valence-corrected chi connectivity index (χ4v) is 4.38. The van der Waals surface area contributed by atoms with Crippen LogP contribution in [-0.4, -0.2) is 41.8 Å². The fraction of sp³-hybridized carbons (Fsp3) is 0.933. The van der Waals surface area contributed by atoms with E-state index >= 15 is 0 Å². The molecule has 0 radical (unpaired) electrons. The molecular formula is C15H32O5Si. The summed E-state index contributed by atoms with van der Waals surface area (Å²) in [5.41, 5.74) is -0.440. The molecule has 0 aromatic heterocycles. The molecule has 0 aromatic rings. The van der Waals surface area contributed by atoms with Gasteiger partial charge in [0, 0.05) is 27.8 Å². The summed E-state index contributed by atoms with van der Waals surface area (Å²) in [6.07, 6.45) is 7.95. The Morgan fingerprint density at radius 3 is 1.90 bits per heavy atom. The molecule has 0 rings (SSSR count). The second-order valence-corrected chi connectivity index (χ2v) is 8.20. The molecule has 126 valence electrons. The van der Waals surface area contributed by atoms with Crippen molar-refractivity contribution in [2.24, 2.45) is 0 Å². The van der Waals surface area contributed by atoms with Crippen LogP contribution in [0.3, 0.4) is 0 Å². The van der Waals surface area contributed by atoms with Crippen LogP contribution in [0.5, 0.6) is 0 Å². The zero-order chi connectivity index (χ0) is 16.1. The maximum atomic E-state index is 11.9. The number of hydrogen-bond donors (Lipinski definition) is 0. The van der Waals surface area contributed by atoms with Crippen molar-refractivity contribution in [3.63, 3.8) is 0 Å². The third kappa shape index (κ3) is 7.40. The predicted molar refractivity (Wildman–Crippen MR) is 84.9 cm³/mol. The third-order valence-electron chi connectivity index (χ3n) is 3.63. The highest BCUT2D eigenvalue weighted by Crippen LogP contribution is 2.19. The minimum atomic E-state index is -2.92. The van der Waals surface area contributed by atoms with E-state index in [0.29, 0.717) is 12.8 Å². The lowest BCUT2D eigenvalue weighted by Gasteiger charge is -2.31. The molecule has 0 aliphatic carbocycles. The summed E-state index contributed by atoms with van der Waals surface area (Å²) in [7, 11) is 1.68. The van der Waals surface area contributed by atoms with Crippen LogP contribution < -0.4 is 0 Å². The molecule has 1 unspecified atom stereocenters. The van der Waals surface area contributed by atoms with E-state index in [0.717, 1.165) is 12.8 Å². The van der Waals surface area contributed by atoms with Gasteiger partial charge in [0.1, 0.15) is 0 Å². The normalized spacial score (nSPS) is 13.2. The molecule has 0 saturated carbocycles. The SMILES string of the molecule is CCCCCCCCC(=O)OC(CC)[Si](OC)(OC)OC. The standard InChI is InChI=1S/C15H32O5Si/c1-6-8-9-10-11-12-13-14(16)20-15(7-2)21(17-3,18-4)19-5/h15H,6-13H2,1-5H3. The quantitative estimate of drug-likeness (QED) is 0.295. The van der Waals surface area contributed by atoms with Gasteiger partial charge in [0.2, 0.25) is 0 Å². The van der Waals surface area contributed by atoms with E-state index < -0.39 is 14.5 Å². The van der Waals surface area contributed by atoms with Crippen molar-refractivity contribution < 1.29 is 22.8 Å². The second-order valence-electron chi connectivity index (χ2n) is 5.12. The van der Waals surface area contributed by atoms with Crippen molar-refractivity contribution in [3.05, 3.63) is 0 Å². The first-order chi connectivity index (χ1) is 10.1. The van der Waals surface area contributed by atoms with Gasteiger partial charge >= 0.3 is 14.8 Å². The maximum Gasteiger partial charge on any atom is 0.543 e. The van der Waals surface area contributed by atoms with E-state index in [9.17, 15) is 4.79 Å². The van der Waals surface area contributed by atoms with Crippen molar-refractivity contribution in [2.75, 3.05) is 21.3 Å². The van der Waals surface area contributed by atoms with Crippen LogP contribution in [0.1, 0.15) is 65.2 Å². The Bertz CT molecular complexity index is 261. The van der Waals surface area contributed by atoms with Gasteiger partial charge in [-0.3, -0.25) is 4.79 Å². The zero-order valence-electron chi connectivity index (χ0n) is 14.3. The summed E-state index contributed by atoms with van der Waals surface area (Å²) in [5.74, 6) is -0.194. The van der Waals surface area contributed by atoms with E-state index in [2.05, 4.69) is 6.92 Å². The molecule has 5 nitrogen and oxygen atoms in total. The fourth-order valence-electron chi connectivity index (χ4n) is 2.32. The Morgan fingerprint density at radius 2 is 1.43 bits per heavy atom. The van der Waals surface area contributed by atoms with Gasteiger partial charge in [-0.1, -0.05) is 46.0 Å². The topological polar surface area (TPSA) is 54.0 Å². The van der Waals surface area contributed by atoms with Crippen molar-refractivity contribution in [2.45, 2.75) is 70.9 Å². The lowest BCUT2D eigenvalue weighted by Crippen LogP contribution is -2.55. The first kappa shape index (κ1) is 20.6. The Balaban J connectivity index is 4.15. The third-order valence-corrected chi connectivity index (χ3v) is 6.65. The van der Waals surface area contributed by atoms with Crippen molar-refractivity contribution in [1.82, 2.24) is 0 Å². The zero-order valence-corrected chi connectivity index (χ0v) is 15.3. The average Bonchev–Trinajstić information content (AvgIpc) is 2.51. The number of ether oxygens (including phenoxy) is 1. The summed E-state index contributed by atoms with van der Waals surface area (Å²) in [6, 6.07) is 0. The lowest BCUT2D eigenvalue weighted by atomic mass is 10.1. The predicted octanol–water partition coefficient (Wildman–Crippen LogP) is 3.48. The van der Waals surface area contributed by atoms with Crippen LogP contribution in [0.2, 0.25) is 0 Å². The van der Waals surface area contributed by atoms with Gasteiger partial charge in [0.25, 0.3) is 0 Å². The molecule has 21 heavy (non-hydrogen) atoms. The van der Waals surface area contributed by atoms with Gasteiger partial charge < -0.3 is 18.0 Å². The average molecular weight is 321 g/mol. The number of unbranched alkanes of at least 4 members (excludes halogenated alkanes) is 5. The van der Waals surface area contributed by atoms with E-state index in [1.165, 1.54) is 47.0 Å². The largest absolute Gasteiger partial charge is 0.543 e.